The van der Waals surface area contributed by atoms with E-state index in [1.807, 2.05) is 11.8 Å². The Hall–Kier alpha value is -1.04. The summed E-state index contributed by atoms with van der Waals surface area (Å²) in [5.74, 6) is 0.507. The van der Waals surface area contributed by atoms with E-state index in [1.54, 1.807) is 0 Å². The second-order valence-electron chi connectivity index (χ2n) is 3.98. The zero-order chi connectivity index (χ0) is 10.4. The van der Waals surface area contributed by atoms with Gasteiger partial charge in [-0.15, -0.1) is 0 Å². The van der Waals surface area contributed by atoms with Gasteiger partial charge in [0.25, 0.3) is 0 Å². The molecular weight excluding hydrogens is 176 g/mol. The molecule has 1 rings (SSSR count). The lowest BCUT2D eigenvalue weighted by Crippen LogP contribution is -2.40. The fourth-order valence-electron chi connectivity index (χ4n) is 1.86. The minimum atomic E-state index is 0.208. The van der Waals surface area contributed by atoms with Crippen LogP contribution in [0.1, 0.15) is 39.0 Å². The number of piperidine rings is 1. The largest absolute Gasteiger partial charge is 0.342 e. The first-order valence-corrected chi connectivity index (χ1v) is 5.41. The fourth-order valence-corrected chi connectivity index (χ4v) is 1.86. The summed E-state index contributed by atoms with van der Waals surface area (Å²) >= 11 is 0. The highest BCUT2D eigenvalue weighted by molar-refractivity contribution is 5.79. The first-order valence-electron chi connectivity index (χ1n) is 5.41. The molecule has 1 aliphatic heterocycles. The smallest absolute Gasteiger partial charge is 0.225 e. The van der Waals surface area contributed by atoms with E-state index >= 15 is 0 Å². The van der Waals surface area contributed by atoms with E-state index in [0.717, 1.165) is 38.8 Å². The average Bonchev–Trinajstić information content (AvgIpc) is 2.19. The molecule has 3 nitrogen and oxygen atoms in total. The van der Waals surface area contributed by atoms with E-state index in [4.69, 9.17) is 5.26 Å². The van der Waals surface area contributed by atoms with Crippen LogP contribution in [0.15, 0.2) is 0 Å². The van der Waals surface area contributed by atoms with Crippen molar-refractivity contribution in [3.8, 4) is 6.07 Å². The third-order valence-corrected chi connectivity index (χ3v) is 2.77. The van der Waals surface area contributed by atoms with Crippen molar-refractivity contribution in [3.05, 3.63) is 0 Å². The van der Waals surface area contributed by atoms with Gasteiger partial charge in [0.1, 0.15) is 0 Å². The summed E-state index contributed by atoms with van der Waals surface area (Å²) < 4.78 is 0. The third kappa shape index (κ3) is 3.02. The number of nitrogens with zero attached hydrogens (tertiary/aromatic N) is 2. The number of unbranched alkanes of at least 4 members (excludes halogenated alkanes) is 2. The molecular formula is C11H18N2O. The van der Waals surface area contributed by atoms with Crippen molar-refractivity contribution < 1.29 is 4.79 Å². The quantitative estimate of drug-likeness (QED) is 0.642. The summed E-state index contributed by atoms with van der Waals surface area (Å²) in [6.07, 6.45) is 4.65. The molecule has 0 aromatic rings. The van der Waals surface area contributed by atoms with Crippen molar-refractivity contribution in [1.82, 2.24) is 4.90 Å². The summed E-state index contributed by atoms with van der Waals surface area (Å²) in [7, 11) is 0. The average molecular weight is 194 g/mol. The first kappa shape index (κ1) is 11.0. The van der Waals surface area contributed by atoms with E-state index in [1.165, 1.54) is 0 Å². The summed E-state index contributed by atoms with van der Waals surface area (Å²) in [5, 5.41) is 8.37. The molecule has 78 valence electrons. The van der Waals surface area contributed by atoms with Crippen LogP contribution >= 0.6 is 0 Å². The van der Waals surface area contributed by atoms with Crippen LogP contribution < -0.4 is 0 Å². The molecule has 1 atom stereocenters. The van der Waals surface area contributed by atoms with Gasteiger partial charge in [-0.05, 0) is 25.7 Å². The van der Waals surface area contributed by atoms with Crippen LogP contribution in [0.25, 0.3) is 0 Å². The Kier molecular flexibility index (Phi) is 4.45. The van der Waals surface area contributed by atoms with Gasteiger partial charge in [-0.3, -0.25) is 4.79 Å². The van der Waals surface area contributed by atoms with Crippen LogP contribution in [-0.4, -0.2) is 23.9 Å². The molecule has 1 aliphatic rings. The Labute approximate surface area is 85.7 Å². The number of amides is 1. The van der Waals surface area contributed by atoms with E-state index in [2.05, 4.69) is 6.07 Å². The molecule has 0 bridgehead atoms. The number of hydrogen-bond donors (Lipinski definition) is 0. The van der Waals surface area contributed by atoms with Crippen LogP contribution in [0.2, 0.25) is 0 Å². The lowest BCUT2D eigenvalue weighted by Gasteiger charge is -2.30. The number of carbonyl (C=O) groups excluding carboxylic acids is 1. The molecule has 0 spiro atoms. The number of carbonyl (C=O) groups is 1. The highest BCUT2D eigenvalue weighted by atomic mass is 16.2. The van der Waals surface area contributed by atoms with Gasteiger partial charge in [-0.2, -0.15) is 5.26 Å². The summed E-state index contributed by atoms with van der Waals surface area (Å²) in [6.45, 7) is 3.75. The fraction of sp³-hybridized carbons (Fsp3) is 0.818. The molecule has 14 heavy (non-hydrogen) atoms. The third-order valence-electron chi connectivity index (χ3n) is 2.77. The molecule has 0 saturated carbocycles. The van der Waals surface area contributed by atoms with E-state index < -0.39 is 0 Å². The Balaban J connectivity index is 2.23. The van der Waals surface area contributed by atoms with Crippen molar-refractivity contribution in [2.75, 3.05) is 13.1 Å². The highest BCUT2D eigenvalue weighted by Crippen LogP contribution is 2.17. The number of rotatable bonds is 4. The van der Waals surface area contributed by atoms with Crippen LogP contribution in [0.5, 0.6) is 0 Å². The molecule has 0 aromatic carbocycles. The van der Waals surface area contributed by atoms with Crippen LogP contribution in [0.3, 0.4) is 0 Å². The standard InChI is InChI=1S/C11H18N2O/c1-10-6-5-9-13(11(10)14)8-4-2-3-7-12/h10H,2-6,8-9H2,1H3. The minimum absolute atomic E-state index is 0.208. The molecule has 0 aromatic heterocycles. The maximum Gasteiger partial charge on any atom is 0.225 e. The van der Waals surface area contributed by atoms with E-state index in [0.29, 0.717) is 12.3 Å². The SMILES string of the molecule is CC1CCCN(CCCCC#N)C1=O. The normalized spacial score (nSPS) is 22.1. The lowest BCUT2D eigenvalue weighted by molar-refractivity contribution is -0.137. The molecule has 1 heterocycles. The predicted molar refractivity (Wildman–Crippen MR) is 54.4 cm³/mol. The van der Waals surface area contributed by atoms with Crippen molar-refractivity contribution in [2.45, 2.75) is 39.0 Å². The van der Waals surface area contributed by atoms with Gasteiger partial charge in [0.2, 0.25) is 5.91 Å². The number of hydrogen-bond acceptors (Lipinski definition) is 2. The summed E-state index contributed by atoms with van der Waals surface area (Å²) in [4.78, 5) is 13.6. The molecule has 1 amide bonds. The number of likely N-dealkylation sites (tertiary alicyclic amines) is 1. The van der Waals surface area contributed by atoms with Gasteiger partial charge in [-0.1, -0.05) is 6.92 Å². The summed E-state index contributed by atoms with van der Waals surface area (Å²) in [6, 6.07) is 2.12. The maximum atomic E-state index is 11.6. The predicted octanol–water partition coefficient (Wildman–Crippen LogP) is 1.94. The Morgan fingerprint density at radius 2 is 2.36 bits per heavy atom. The molecule has 0 N–H and O–H groups in total. The van der Waals surface area contributed by atoms with Crippen molar-refractivity contribution in [2.24, 2.45) is 5.92 Å². The second-order valence-corrected chi connectivity index (χ2v) is 3.98. The highest BCUT2D eigenvalue weighted by Gasteiger charge is 2.24. The number of nitriles is 1. The van der Waals surface area contributed by atoms with Gasteiger partial charge < -0.3 is 4.90 Å². The minimum Gasteiger partial charge on any atom is -0.342 e. The van der Waals surface area contributed by atoms with Crippen molar-refractivity contribution in [1.29, 1.82) is 5.26 Å². The molecule has 1 saturated heterocycles. The molecule has 0 aliphatic carbocycles. The van der Waals surface area contributed by atoms with Gasteiger partial charge in [-0.25, -0.2) is 0 Å². The van der Waals surface area contributed by atoms with Crippen LogP contribution in [-0.2, 0) is 4.79 Å². The van der Waals surface area contributed by atoms with Gasteiger partial charge in [0, 0.05) is 25.4 Å². The van der Waals surface area contributed by atoms with Gasteiger partial charge in [0.05, 0.1) is 6.07 Å². The Morgan fingerprint density at radius 3 is 3.07 bits per heavy atom. The lowest BCUT2D eigenvalue weighted by atomic mass is 9.99. The Morgan fingerprint density at radius 1 is 1.57 bits per heavy atom. The van der Waals surface area contributed by atoms with Crippen LogP contribution in [0.4, 0.5) is 0 Å². The molecule has 3 heteroatoms. The topological polar surface area (TPSA) is 44.1 Å². The molecule has 1 unspecified atom stereocenters. The van der Waals surface area contributed by atoms with Crippen molar-refractivity contribution in [3.63, 3.8) is 0 Å². The summed E-state index contributed by atoms with van der Waals surface area (Å²) in [5.41, 5.74) is 0. The molecule has 1 fully saturated rings. The van der Waals surface area contributed by atoms with E-state index in [9.17, 15) is 4.79 Å². The van der Waals surface area contributed by atoms with Gasteiger partial charge >= 0.3 is 0 Å². The molecule has 0 radical (unpaired) electrons. The first-order chi connectivity index (χ1) is 6.75. The van der Waals surface area contributed by atoms with Crippen molar-refractivity contribution >= 4 is 5.91 Å². The zero-order valence-electron chi connectivity index (χ0n) is 8.83. The van der Waals surface area contributed by atoms with Crippen LogP contribution in [0, 0.1) is 17.2 Å². The van der Waals surface area contributed by atoms with E-state index in [-0.39, 0.29) is 5.92 Å². The zero-order valence-corrected chi connectivity index (χ0v) is 8.83. The Bertz CT molecular complexity index is 232. The second kappa shape index (κ2) is 5.64. The van der Waals surface area contributed by atoms with Gasteiger partial charge in [0.15, 0.2) is 0 Å². The monoisotopic (exact) mass is 194 g/mol. The maximum absolute atomic E-state index is 11.6.